The van der Waals surface area contributed by atoms with E-state index in [9.17, 15) is 4.39 Å². The van der Waals surface area contributed by atoms with Crippen molar-refractivity contribution in [1.82, 2.24) is 5.32 Å². The average Bonchev–Trinajstić information content (AvgIpc) is 2.58. The predicted molar refractivity (Wildman–Crippen MR) is 69.4 cm³/mol. The Morgan fingerprint density at radius 2 is 2.18 bits per heavy atom. The summed E-state index contributed by atoms with van der Waals surface area (Å²) in [6.45, 7) is 6.75. The molecule has 0 amide bonds. The summed E-state index contributed by atoms with van der Waals surface area (Å²) in [4.78, 5) is 0. The van der Waals surface area contributed by atoms with Gasteiger partial charge in [-0.05, 0) is 42.9 Å². The molecule has 1 fully saturated rings. The first-order chi connectivity index (χ1) is 7.99. The van der Waals surface area contributed by atoms with Gasteiger partial charge in [0.25, 0.3) is 0 Å². The summed E-state index contributed by atoms with van der Waals surface area (Å²) in [6, 6.07) is 7.65. The molecular formula is C15H22FN. The maximum absolute atomic E-state index is 13.2. The number of hydrogen-bond acceptors (Lipinski definition) is 1. The Bertz CT molecular complexity index is 386. The van der Waals surface area contributed by atoms with Gasteiger partial charge in [-0.2, -0.15) is 0 Å². The van der Waals surface area contributed by atoms with Gasteiger partial charge < -0.3 is 5.32 Å². The first kappa shape index (κ1) is 12.6. The molecular weight excluding hydrogens is 213 g/mol. The lowest BCUT2D eigenvalue weighted by Crippen LogP contribution is -2.39. The molecule has 1 nitrogen and oxygen atoms in total. The fraction of sp³-hybridized carbons (Fsp3) is 0.600. The highest BCUT2D eigenvalue weighted by Gasteiger charge is 2.34. The zero-order valence-corrected chi connectivity index (χ0v) is 11.0. The normalized spacial score (nSPS) is 24.8. The Balaban J connectivity index is 2.04. The van der Waals surface area contributed by atoms with Gasteiger partial charge in [0, 0.05) is 12.1 Å². The van der Waals surface area contributed by atoms with E-state index in [1.165, 1.54) is 25.3 Å². The van der Waals surface area contributed by atoms with Gasteiger partial charge in [-0.15, -0.1) is 0 Å². The second kappa shape index (κ2) is 4.77. The van der Waals surface area contributed by atoms with Crippen molar-refractivity contribution >= 4 is 0 Å². The van der Waals surface area contributed by atoms with E-state index in [2.05, 4.69) is 26.1 Å². The number of halogens is 1. The molecule has 1 aliphatic carbocycles. The summed E-state index contributed by atoms with van der Waals surface area (Å²) >= 11 is 0. The van der Waals surface area contributed by atoms with Gasteiger partial charge in [-0.25, -0.2) is 4.39 Å². The van der Waals surface area contributed by atoms with Crippen LogP contribution in [-0.2, 0) is 0 Å². The molecule has 0 aliphatic heterocycles. The van der Waals surface area contributed by atoms with Gasteiger partial charge in [-0.3, -0.25) is 0 Å². The highest BCUT2D eigenvalue weighted by atomic mass is 19.1. The van der Waals surface area contributed by atoms with Crippen molar-refractivity contribution in [3.8, 4) is 0 Å². The van der Waals surface area contributed by atoms with E-state index in [0.29, 0.717) is 11.5 Å². The molecule has 2 heteroatoms. The molecule has 0 heterocycles. The van der Waals surface area contributed by atoms with Crippen molar-refractivity contribution < 1.29 is 4.39 Å². The van der Waals surface area contributed by atoms with E-state index >= 15 is 0 Å². The predicted octanol–water partition coefficient (Wildman–Crippen LogP) is 4.06. The van der Waals surface area contributed by atoms with Gasteiger partial charge in [0.05, 0.1) is 0 Å². The van der Waals surface area contributed by atoms with Gasteiger partial charge in [0.15, 0.2) is 0 Å². The van der Waals surface area contributed by atoms with E-state index < -0.39 is 0 Å². The number of hydrogen-bond donors (Lipinski definition) is 1. The Kier molecular flexibility index (Phi) is 3.53. The van der Waals surface area contributed by atoms with Crippen LogP contribution in [0.4, 0.5) is 4.39 Å². The molecule has 0 spiro atoms. The minimum absolute atomic E-state index is 0.151. The van der Waals surface area contributed by atoms with Gasteiger partial charge >= 0.3 is 0 Å². The molecule has 17 heavy (non-hydrogen) atoms. The fourth-order valence-corrected chi connectivity index (χ4v) is 2.81. The molecule has 1 aliphatic rings. The van der Waals surface area contributed by atoms with Crippen molar-refractivity contribution in [3.63, 3.8) is 0 Å². The molecule has 1 N–H and O–H groups in total. The zero-order chi connectivity index (χ0) is 12.5. The minimum Gasteiger partial charge on any atom is -0.307 e. The second-order valence-corrected chi connectivity index (χ2v) is 5.88. The summed E-state index contributed by atoms with van der Waals surface area (Å²) in [7, 11) is 0. The van der Waals surface area contributed by atoms with Crippen molar-refractivity contribution in [3.05, 3.63) is 35.6 Å². The van der Waals surface area contributed by atoms with Crippen molar-refractivity contribution in [1.29, 1.82) is 0 Å². The molecule has 94 valence electrons. The van der Waals surface area contributed by atoms with Gasteiger partial charge in [0.1, 0.15) is 5.82 Å². The molecule has 1 aromatic rings. The first-order valence-electron chi connectivity index (χ1n) is 6.50. The molecule has 1 aromatic carbocycles. The van der Waals surface area contributed by atoms with Crippen LogP contribution in [0.3, 0.4) is 0 Å². The standard InChI is InChI=1S/C15H22FN/c1-11(12-6-4-7-13(16)10-12)17-14-8-5-9-15(14,2)3/h4,6-7,10-11,14,17H,5,8-9H2,1-3H3/t11-,14?/m0/s1. The molecule has 0 radical (unpaired) electrons. The SMILES string of the molecule is C[C@H](NC1CCCC1(C)C)c1cccc(F)c1. The van der Waals surface area contributed by atoms with E-state index in [1.807, 2.05) is 6.07 Å². The third kappa shape index (κ3) is 2.86. The zero-order valence-electron chi connectivity index (χ0n) is 11.0. The van der Waals surface area contributed by atoms with Crippen LogP contribution in [0.1, 0.15) is 51.6 Å². The molecule has 0 saturated heterocycles. The van der Waals surface area contributed by atoms with Crippen molar-refractivity contribution in [2.24, 2.45) is 5.41 Å². The van der Waals surface area contributed by atoms with Crippen LogP contribution >= 0.6 is 0 Å². The lowest BCUT2D eigenvalue weighted by molar-refractivity contribution is 0.266. The smallest absolute Gasteiger partial charge is 0.123 e. The molecule has 2 rings (SSSR count). The Labute approximate surface area is 103 Å². The Morgan fingerprint density at radius 1 is 1.41 bits per heavy atom. The van der Waals surface area contributed by atoms with Gasteiger partial charge in [0.2, 0.25) is 0 Å². The summed E-state index contributed by atoms with van der Waals surface area (Å²) in [5, 5.41) is 3.65. The molecule has 1 unspecified atom stereocenters. The van der Waals surface area contributed by atoms with Crippen molar-refractivity contribution in [2.75, 3.05) is 0 Å². The lowest BCUT2D eigenvalue weighted by atomic mass is 9.86. The quantitative estimate of drug-likeness (QED) is 0.833. The molecule has 1 saturated carbocycles. The van der Waals surface area contributed by atoms with Gasteiger partial charge in [-0.1, -0.05) is 32.4 Å². The largest absolute Gasteiger partial charge is 0.307 e. The Hall–Kier alpha value is -0.890. The van der Waals surface area contributed by atoms with Crippen LogP contribution in [0.15, 0.2) is 24.3 Å². The third-order valence-corrected chi connectivity index (χ3v) is 4.06. The fourth-order valence-electron chi connectivity index (χ4n) is 2.81. The van der Waals surface area contributed by atoms with Crippen molar-refractivity contribution in [2.45, 2.75) is 52.1 Å². The summed E-state index contributed by atoms with van der Waals surface area (Å²) < 4.78 is 13.2. The number of benzene rings is 1. The highest BCUT2D eigenvalue weighted by molar-refractivity contribution is 5.19. The maximum atomic E-state index is 13.2. The van der Waals surface area contributed by atoms with E-state index in [1.54, 1.807) is 12.1 Å². The summed E-state index contributed by atoms with van der Waals surface area (Å²) in [5.41, 5.74) is 1.40. The molecule has 0 bridgehead atoms. The minimum atomic E-state index is -0.151. The van der Waals surface area contributed by atoms with Crippen LogP contribution in [0.25, 0.3) is 0 Å². The number of nitrogens with one attached hydrogen (secondary N) is 1. The van der Waals surface area contributed by atoms with Crippen LogP contribution in [0.2, 0.25) is 0 Å². The van der Waals surface area contributed by atoms with Crippen LogP contribution in [0, 0.1) is 11.2 Å². The summed E-state index contributed by atoms with van der Waals surface area (Å²) in [6.07, 6.45) is 3.80. The lowest BCUT2D eigenvalue weighted by Gasteiger charge is -2.31. The van der Waals surface area contributed by atoms with Crippen LogP contribution < -0.4 is 5.32 Å². The second-order valence-electron chi connectivity index (χ2n) is 5.88. The summed E-state index contributed by atoms with van der Waals surface area (Å²) in [5.74, 6) is -0.151. The van der Waals surface area contributed by atoms with Crippen LogP contribution in [0.5, 0.6) is 0 Å². The van der Waals surface area contributed by atoms with E-state index in [4.69, 9.17) is 0 Å². The van der Waals surface area contributed by atoms with E-state index in [0.717, 1.165) is 5.56 Å². The number of rotatable bonds is 3. The Morgan fingerprint density at radius 3 is 2.76 bits per heavy atom. The maximum Gasteiger partial charge on any atom is 0.123 e. The first-order valence-corrected chi connectivity index (χ1v) is 6.50. The average molecular weight is 235 g/mol. The highest BCUT2D eigenvalue weighted by Crippen LogP contribution is 2.38. The topological polar surface area (TPSA) is 12.0 Å². The third-order valence-electron chi connectivity index (χ3n) is 4.06. The molecule has 0 aromatic heterocycles. The monoisotopic (exact) mass is 235 g/mol. The van der Waals surface area contributed by atoms with Crippen LogP contribution in [-0.4, -0.2) is 6.04 Å². The molecule has 2 atom stereocenters. The van der Waals surface area contributed by atoms with E-state index in [-0.39, 0.29) is 11.9 Å².